The smallest absolute Gasteiger partial charge is 0.259 e. The molecule has 4 aromatic rings. The summed E-state index contributed by atoms with van der Waals surface area (Å²) in [5, 5.41) is 4.55. The van der Waals surface area contributed by atoms with Gasteiger partial charge in [-0.3, -0.25) is 4.79 Å². The molecule has 3 heterocycles. The normalized spacial score (nSPS) is 13.9. The van der Waals surface area contributed by atoms with E-state index in [1.165, 1.54) is 11.1 Å². The van der Waals surface area contributed by atoms with Crippen LogP contribution in [0.1, 0.15) is 22.3 Å². The van der Waals surface area contributed by atoms with Crippen LogP contribution in [0.4, 0.5) is 0 Å². The zero-order valence-electron chi connectivity index (χ0n) is 16.6. The van der Waals surface area contributed by atoms with Gasteiger partial charge in [0.25, 0.3) is 5.91 Å². The van der Waals surface area contributed by atoms with E-state index in [1.807, 2.05) is 75.1 Å². The summed E-state index contributed by atoms with van der Waals surface area (Å²) in [6.07, 6.45) is 8.57. The van der Waals surface area contributed by atoms with Crippen LogP contribution in [0.5, 0.6) is 0 Å². The van der Waals surface area contributed by atoms with Crippen LogP contribution in [0.25, 0.3) is 17.1 Å². The van der Waals surface area contributed by atoms with Gasteiger partial charge in [-0.15, -0.1) is 0 Å². The molecule has 5 heteroatoms. The highest BCUT2D eigenvalue weighted by molar-refractivity contribution is 5.97. The third kappa shape index (κ3) is 3.35. The molecular weight excluding hydrogens is 372 g/mol. The standard InChI is InChI=1S/C25H22N4O/c30-25(28-17-13-21(14-18-28)20-9-3-1-4-10-20)23-19-26-29(22-11-5-2-6-12-22)24(23)27-15-7-8-16-27/h1-13,15-16,19H,14,17-18H2. The Morgan fingerprint density at radius 1 is 0.867 bits per heavy atom. The van der Waals surface area contributed by atoms with Gasteiger partial charge in [0.1, 0.15) is 5.56 Å². The molecule has 0 N–H and O–H groups in total. The maximum atomic E-state index is 13.4. The van der Waals surface area contributed by atoms with E-state index in [0.717, 1.165) is 17.9 Å². The Balaban J connectivity index is 1.47. The predicted octanol–water partition coefficient (Wildman–Crippen LogP) is 4.59. The second kappa shape index (κ2) is 7.87. The summed E-state index contributed by atoms with van der Waals surface area (Å²) in [4.78, 5) is 15.3. The summed E-state index contributed by atoms with van der Waals surface area (Å²) in [5.41, 5.74) is 4.05. The van der Waals surface area contributed by atoms with Crippen LogP contribution in [0.2, 0.25) is 0 Å². The third-order valence-electron chi connectivity index (χ3n) is 5.46. The molecule has 5 rings (SSSR count). The topological polar surface area (TPSA) is 43.1 Å². The van der Waals surface area contributed by atoms with Gasteiger partial charge in [-0.05, 0) is 41.8 Å². The van der Waals surface area contributed by atoms with Crippen LogP contribution >= 0.6 is 0 Å². The van der Waals surface area contributed by atoms with Crippen molar-refractivity contribution in [3.63, 3.8) is 0 Å². The number of aromatic nitrogens is 3. The van der Waals surface area contributed by atoms with Crippen molar-refractivity contribution in [1.29, 1.82) is 0 Å². The van der Waals surface area contributed by atoms with Gasteiger partial charge < -0.3 is 9.47 Å². The molecule has 5 nitrogen and oxygen atoms in total. The monoisotopic (exact) mass is 394 g/mol. The first-order valence-electron chi connectivity index (χ1n) is 10.1. The zero-order valence-corrected chi connectivity index (χ0v) is 16.6. The maximum Gasteiger partial charge on any atom is 0.259 e. The highest BCUT2D eigenvalue weighted by atomic mass is 16.2. The molecule has 1 amide bonds. The molecule has 0 atom stereocenters. The average molecular weight is 394 g/mol. The summed E-state index contributed by atoms with van der Waals surface area (Å²) >= 11 is 0. The van der Waals surface area contributed by atoms with Gasteiger partial charge in [-0.2, -0.15) is 5.10 Å². The molecule has 0 fully saturated rings. The Labute approximate surface area is 175 Å². The summed E-state index contributed by atoms with van der Waals surface area (Å²) in [6.45, 7) is 1.30. The molecule has 0 spiro atoms. The zero-order chi connectivity index (χ0) is 20.3. The van der Waals surface area contributed by atoms with Crippen molar-refractivity contribution in [2.45, 2.75) is 6.42 Å². The summed E-state index contributed by atoms with van der Waals surface area (Å²) in [6, 6.07) is 24.2. The first-order valence-corrected chi connectivity index (χ1v) is 10.1. The number of hydrogen-bond acceptors (Lipinski definition) is 2. The van der Waals surface area contributed by atoms with Crippen molar-refractivity contribution in [2.75, 3.05) is 13.1 Å². The van der Waals surface area contributed by atoms with Crippen LogP contribution in [0, 0.1) is 0 Å². The van der Waals surface area contributed by atoms with Gasteiger partial charge in [-0.25, -0.2) is 4.68 Å². The maximum absolute atomic E-state index is 13.4. The fourth-order valence-electron chi connectivity index (χ4n) is 3.91. The van der Waals surface area contributed by atoms with Gasteiger partial charge >= 0.3 is 0 Å². The van der Waals surface area contributed by atoms with Crippen LogP contribution in [0.3, 0.4) is 0 Å². The first kappa shape index (κ1) is 18.2. The van der Waals surface area contributed by atoms with E-state index in [4.69, 9.17) is 0 Å². The second-order valence-corrected chi connectivity index (χ2v) is 7.32. The summed E-state index contributed by atoms with van der Waals surface area (Å²) in [5.74, 6) is 0.762. The number of carbonyl (C=O) groups is 1. The Kier molecular flexibility index (Phi) is 4.77. The molecule has 0 unspecified atom stereocenters. The van der Waals surface area contributed by atoms with Gasteiger partial charge in [0, 0.05) is 25.5 Å². The molecule has 0 aliphatic carbocycles. The molecule has 0 bridgehead atoms. The lowest BCUT2D eigenvalue weighted by atomic mass is 9.99. The van der Waals surface area contributed by atoms with Crippen LogP contribution in [0.15, 0.2) is 97.5 Å². The van der Waals surface area contributed by atoms with E-state index in [-0.39, 0.29) is 5.91 Å². The summed E-state index contributed by atoms with van der Waals surface area (Å²) in [7, 11) is 0. The Bertz CT molecular complexity index is 1170. The van der Waals surface area contributed by atoms with Crippen molar-refractivity contribution in [2.24, 2.45) is 0 Å². The van der Waals surface area contributed by atoms with E-state index in [2.05, 4.69) is 35.4 Å². The van der Waals surface area contributed by atoms with Gasteiger partial charge in [0.15, 0.2) is 5.82 Å². The van der Waals surface area contributed by atoms with Crippen molar-refractivity contribution in [3.05, 3.63) is 109 Å². The highest BCUT2D eigenvalue weighted by Gasteiger charge is 2.25. The lowest BCUT2D eigenvalue weighted by Gasteiger charge is -2.27. The predicted molar refractivity (Wildman–Crippen MR) is 118 cm³/mol. The Morgan fingerprint density at radius 3 is 2.23 bits per heavy atom. The number of carbonyl (C=O) groups excluding carboxylic acids is 1. The number of nitrogens with zero attached hydrogens (tertiary/aromatic N) is 4. The van der Waals surface area contributed by atoms with Crippen molar-refractivity contribution in [1.82, 2.24) is 19.2 Å². The van der Waals surface area contributed by atoms with Crippen molar-refractivity contribution in [3.8, 4) is 11.5 Å². The number of rotatable bonds is 4. The minimum Gasteiger partial charge on any atom is -0.334 e. The minimum absolute atomic E-state index is 0.00393. The second-order valence-electron chi connectivity index (χ2n) is 7.32. The first-order chi connectivity index (χ1) is 14.8. The molecule has 2 aromatic heterocycles. The van der Waals surface area contributed by atoms with Crippen LogP contribution in [-0.4, -0.2) is 38.2 Å². The van der Waals surface area contributed by atoms with Gasteiger partial charge in [-0.1, -0.05) is 54.6 Å². The molecule has 0 saturated heterocycles. The van der Waals surface area contributed by atoms with Gasteiger partial charge in [0.2, 0.25) is 0 Å². The van der Waals surface area contributed by atoms with E-state index in [1.54, 1.807) is 6.20 Å². The molecule has 0 radical (unpaired) electrons. The third-order valence-corrected chi connectivity index (χ3v) is 5.46. The molecule has 0 saturated carbocycles. The van der Waals surface area contributed by atoms with Crippen molar-refractivity contribution >= 4 is 11.5 Å². The average Bonchev–Trinajstić information content (AvgIpc) is 3.50. The number of amides is 1. The molecule has 148 valence electrons. The van der Waals surface area contributed by atoms with E-state index in [9.17, 15) is 4.79 Å². The largest absolute Gasteiger partial charge is 0.334 e. The van der Waals surface area contributed by atoms with Gasteiger partial charge in [0.05, 0.1) is 11.9 Å². The van der Waals surface area contributed by atoms with E-state index in [0.29, 0.717) is 18.7 Å². The Morgan fingerprint density at radius 2 is 1.57 bits per heavy atom. The minimum atomic E-state index is 0.00393. The molecule has 2 aromatic carbocycles. The fourth-order valence-corrected chi connectivity index (χ4v) is 3.91. The SMILES string of the molecule is O=C(c1cnn(-c2ccccc2)c1-n1cccc1)N1CC=C(c2ccccc2)CC1. The van der Waals surface area contributed by atoms with Crippen LogP contribution in [-0.2, 0) is 0 Å². The fraction of sp³-hybridized carbons (Fsp3) is 0.120. The van der Waals surface area contributed by atoms with Crippen molar-refractivity contribution < 1.29 is 4.79 Å². The molecule has 30 heavy (non-hydrogen) atoms. The van der Waals surface area contributed by atoms with E-state index < -0.39 is 0 Å². The van der Waals surface area contributed by atoms with Crippen LogP contribution < -0.4 is 0 Å². The highest BCUT2D eigenvalue weighted by Crippen LogP contribution is 2.25. The Hall–Kier alpha value is -3.86. The quantitative estimate of drug-likeness (QED) is 0.508. The molecule has 1 aliphatic rings. The molecular formula is C25H22N4O. The lowest BCUT2D eigenvalue weighted by molar-refractivity contribution is 0.0773. The van der Waals surface area contributed by atoms with E-state index >= 15 is 0 Å². The number of benzene rings is 2. The molecule has 1 aliphatic heterocycles. The number of para-hydroxylation sites is 1. The number of hydrogen-bond donors (Lipinski definition) is 0. The lowest BCUT2D eigenvalue weighted by Crippen LogP contribution is -2.35. The summed E-state index contributed by atoms with van der Waals surface area (Å²) < 4.78 is 3.77.